The van der Waals surface area contributed by atoms with Crippen molar-refractivity contribution in [3.05, 3.63) is 27.2 Å². The number of ether oxygens (including phenoxy) is 2. The average molecular weight is 341 g/mol. The lowest BCUT2D eigenvalue weighted by atomic mass is 10.3. The zero-order valence-corrected chi connectivity index (χ0v) is 12.8. The van der Waals surface area contributed by atoms with E-state index >= 15 is 0 Å². The first-order valence-corrected chi connectivity index (χ1v) is 6.75. The molecule has 0 spiro atoms. The van der Waals surface area contributed by atoms with Gasteiger partial charge in [0.1, 0.15) is 6.61 Å². The van der Waals surface area contributed by atoms with E-state index in [9.17, 15) is 9.59 Å². The molecule has 1 amide bonds. The van der Waals surface area contributed by atoms with E-state index in [1.54, 1.807) is 6.92 Å². The molecular weight excluding hydrogens is 328 g/mol. The summed E-state index contributed by atoms with van der Waals surface area (Å²) in [6.45, 7) is 1.49. The van der Waals surface area contributed by atoms with Crippen LogP contribution in [-0.2, 0) is 19.1 Å². The molecule has 1 aromatic rings. The SMILES string of the molecule is CCOCC(=O)OCC(=O)Nc1cc(Cl)c(Cl)cc1Cl. The van der Waals surface area contributed by atoms with Crippen molar-refractivity contribution in [1.29, 1.82) is 0 Å². The minimum Gasteiger partial charge on any atom is -0.454 e. The van der Waals surface area contributed by atoms with Gasteiger partial charge in [-0.05, 0) is 19.1 Å². The number of hydrogen-bond acceptors (Lipinski definition) is 4. The summed E-state index contributed by atoms with van der Waals surface area (Å²) in [7, 11) is 0. The van der Waals surface area contributed by atoms with E-state index in [2.05, 4.69) is 5.32 Å². The van der Waals surface area contributed by atoms with Crippen LogP contribution in [0.2, 0.25) is 15.1 Å². The lowest BCUT2D eigenvalue weighted by Gasteiger charge is -2.09. The number of hydrogen-bond donors (Lipinski definition) is 1. The van der Waals surface area contributed by atoms with Gasteiger partial charge in [-0.25, -0.2) is 4.79 Å². The Balaban J connectivity index is 2.51. The van der Waals surface area contributed by atoms with Gasteiger partial charge in [-0.2, -0.15) is 0 Å². The molecule has 1 rings (SSSR count). The standard InChI is InChI=1S/C12H12Cl3NO4/c1-2-19-6-12(18)20-5-11(17)16-10-4-8(14)7(13)3-9(10)15/h3-4H,2,5-6H2,1H3,(H,16,17). The average Bonchev–Trinajstić information content (AvgIpc) is 2.40. The summed E-state index contributed by atoms with van der Waals surface area (Å²) in [6, 6.07) is 2.81. The molecule has 1 N–H and O–H groups in total. The van der Waals surface area contributed by atoms with Crippen LogP contribution >= 0.6 is 34.8 Å². The molecule has 1 aromatic carbocycles. The van der Waals surface area contributed by atoms with Crippen LogP contribution < -0.4 is 5.32 Å². The number of carbonyl (C=O) groups excluding carboxylic acids is 2. The summed E-state index contributed by atoms with van der Waals surface area (Å²) >= 11 is 17.5. The van der Waals surface area contributed by atoms with Gasteiger partial charge < -0.3 is 14.8 Å². The first-order valence-electron chi connectivity index (χ1n) is 5.61. The first-order chi connectivity index (χ1) is 9.43. The lowest BCUT2D eigenvalue weighted by Crippen LogP contribution is -2.23. The Morgan fingerprint density at radius 1 is 1.10 bits per heavy atom. The molecule has 8 heteroatoms. The van der Waals surface area contributed by atoms with Crippen molar-refractivity contribution in [3.8, 4) is 0 Å². The number of nitrogens with one attached hydrogen (secondary N) is 1. The second-order valence-electron chi connectivity index (χ2n) is 3.59. The monoisotopic (exact) mass is 339 g/mol. The Morgan fingerprint density at radius 2 is 1.75 bits per heavy atom. The predicted molar refractivity (Wildman–Crippen MR) is 77.6 cm³/mol. The third kappa shape index (κ3) is 5.54. The molecule has 0 aliphatic heterocycles. The van der Waals surface area contributed by atoms with Crippen molar-refractivity contribution in [2.45, 2.75) is 6.92 Å². The normalized spacial score (nSPS) is 10.2. The van der Waals surface area contributed by atoms with Gasteiger partial charge in [0.15, 0.2) is 6.61 Å². The number of halogens is 3. The number of esters is 1. The van der Waals surface area contributed by atoms with Crippen LogP contribution in [-0.4, -0.2) is 31.7 Å². The fourth-order valence-corrected chi connectivity index (χ4v) is 1.77. The summed E-state index contributed by atoms with van der Waals surface area (Å²) < 4.78 is 9.53. The molecule has 0 aliphatic rings. The van der Waals surface area contributed by atoms with Gasteiger partial charge in [0, 0.05) is 6.61 Å². The van der Waals surface area contributed by atoms with Crippen LogP contribution in [0.15, 0.2) is 12.1 Å². The summed E-state index contributed by atoms with van der Waals surface area (Å²) in [6.07, 6.45) is 0. The van der Waals surface area contributed by atoms with Crippen molar-refractivity contribution in [2.24, 2.45) is 0 Å². The highest BCUT2D eigenvalue weighted by atomic mass is 35.5. The molecule has 0 radical (unpaired) electrons. The molecular formula is C12H12Cl3NO4. The van der Waals surface area contributed by atoms with Gasteiger partial charge in [0.05, 0.1) is 20.8 Å². The van der Waals surface area contributed by atoms with E-state index < -0.39 is 18.5 Å². The smallest absolute Gasteiger partial charge is 0.332 e. The van der Waals surface area contributed by atoms with Gasteiger partial charge in [-0.15, -0.1) is 0 Å². The highest BCUT2D eigenvalue weighted by Gasteiger charge is 2.11. The molecule has 0 atom stereocenters. The van der Waals surface area contributed by atoms with Gasteiger partial charge >= 0.3 is 5.97 Å². The van der Waals surface area contributed by atoms with Crippen LogP contribution in [0.1, 0.15) is 6.92 Å². The lowest BCUT2D eigenvalue weighted by molar-refractivity contribution is -0.151. The van der Waals surface area contributed by atoms with Crippen LogP contribution in [0.25, 0.3) is 0 Å². The summed E-state index contributed by atoms with van der Waals surface area (Å²) in [5, 5.41) is 3.21. The molecule has 0 aliphatic carbocycles. The Morgan fingerprint density at radius 3 is 2.40 bits per heavy atom. The fourth-order valence-electron chi connectivity index (χ4n) is 1.18. The molecule has 0 unspecified atom stereocenters. The molecule has 0 fully saturated rings. The maximum atomic E-state index is 11.6. The highest BCUT2D eigenvalue weighted by molar-refractivity contribution is 6.44. The zero-order chi connectivity index (χ0) is 15.1. The third-order valence-corrected chi connectivity index (χ3v) is 3.11. The van der Waals surface area contributed by atoms with Crippen molar-refractivity contribution in [2.75, 3.05) is 25.1 Å². The molecule has 0 aromatic heterocycles. The fraction of sp³-hybridized carbons (Fsp3) is 0.333. The van der Waals surface area contributed by atoms with Crippen molar-refractivity contribution in [1.82, 2.24) is 0 Å². The summed E-state index contributed by atoms with van der Waals surface area (Å²) in [4.78, 5) is 22.7. The van der Waals surface area contributed by atoms with E-state index in [0.29, 0.717) is 6.61 Å². The molecule has 0 bridgehead atoms. The molecule has 0 heterocycles. The first kappa shape index (κ1) is 17.0. The van der Waals surface area contributed by atoms with Crippen molar-refractivity contribution in [3.63, 3.8) is 0 Å². The van der Waals surface area contributed by atoms with E-state index in [4.69, 9.17) is 44.3 Å². The molecule has 110 valence electrons. The van der Waals surface area contributed by atoms with Crippen LogP contribution in [0.5, 0.6) is 0 Å². The zero-order valence-electron chi connectivity index (χ0n) is 10.5. The number of rotatable bonds is 6. The Kier molecular flexibility index (Phi) is 7.09. The molecule has 0 saturated carbocycles. The highest BCUT2D eigenvalue weighted by Crippen LogP contribution is 2.32. The van der Waals surface area contributed by atoms with Gasteiger partial charge in [-0.1, -0.05) is 34.8 Å². The third-order valence-electron chi connectivity index (χ3n) is 2.07. The number of anilines is 1. The molecule has 0 saturated heterocycles. The van der Waals surface area contributed by atoms with Crippen molar-refractivity contribution >= 4 is 52.4 Å². The predicted octanol–water partition coefficient (Wildman–Crippen LogP) is 3.17. The largest absolute Gasteiger partial charge is 0.454 e. The van der Waals surface area contributed by atoms with E-state index in [1.165, 1.54) is 12.1 Å². The Hall–Kier alpha value is -1.01. The quantitative estimate of drug-likeness (QED) is 0.638. The Bertz CT molecular complexity index is 508. The van der Waals surface area contributed by atoms with E-state index in [-0.39, 0.29) is 27.4 Å². The van der Waals surface area contributed by atoms with E-state index in [1.807, 2.05) is 0 Å². The number of amides is 1. The Labute approximate surface area is 131 Å². The van der Waals surface area contributed by atoms with Gasteiger partial charge in [0.2, 0.25) is 0 Å². The second kappa shape index (κ2) is 8.32. The van der Waals surface area contributed by atoms with E-state index in [0.717, 1.165) is 0 Å². The minimum absolute atomic E-state index is 0.197. The maximum absolute atomic E-state index is 11.6. The molecule has 5 nitrogen and oxygen atoms in total. The topological polar surface area (TPSA) is 64.6 Å². The van der Waals surface area contributed by atoms with Crippen LogP contribution in [0.4, 0.5) is 5.69 Å². The summed E-state index contributed by atoms with van der Waals surface area (Å²) in [5.74, 6) is -1.17. The van der Waals surface area contributed by atoms with Crippen molar-refractivity contribution < 1.29 is 19.1 Å². The maximum Gasteiger partial charge on any atom is 0.332 e. The van der Waals surface area contributed by atoms with Crippen LogP contribution in [0, 0.1) is 0 Å². The van der Waals surface area contributed by atoms with Gasteiger partial charge in [-0.3, -0.25) is 4.79 Å². The molecule has 20 heavy (non-hydrogen) atoms. The second-order valence-corrected chi connectivity index (χ2v) is 4.81. The number of carbonyl (C=O) groups is 2. The minimum atomic E-state index is -0.623. The van der Waals surface area contributed by atoms with Gasteiger partial charge in [0.25, 0.3) is 5.91 Å². The number of benzene rings is 1. The van der Waals surface area contributed by atoms with Crippen LogP contribution in [0.3, 0.4) is 0 Å². The summed E-state index contributed by atoms with van der Waals surface area (Å²) in [5.41, 5.74) is 0.284.